The zero-order valence-electron chi connectivity index (χ0n) is 9.77. The van der Waals surface area contributed by atoms with Crippen LogP contribution in [0.4, 0.5) is 5.88 Å². The van der Waals surface area contributed by atoms with Crippen LogP contribution in [-0.2, 0) is 11.3 Å². The van der Waals surface area contributed by atoms with Crippen molar-refractivity contribution < 1.29 is 14.0 Å². The van der Waals surface area contributed by atoms with Gasteiger partial charge in [0.2, 0.25) is 5.88 Å². The number of nitrogens with two attached hydrogens (primary N) is 1. The van der Waals surface area contributed by atoms with Crippen molar-refractivity contribution in [3.63, 3.8) is 0 Å². The molecule has 0 aliphatic heterocycles. The minimum absolute atomic E-state index is 0.295. The molecule has 0 radical (unpaired) electrons. The summed E-state index contributed by atoms with van der Waals surface area (Å²) in [6.45, 7) is 0.477. The lowest BCUT2D eigenvalue weighted by atomic mass is 10.1. The predicted octanol–water partition coefficient (Wildman–Crippen LogP) is 2.08. The maximum absolute atomic E-state index is 5.49. The summed E-state index contributed by atoms with van der Waals surface area (Å²) in [5.41, 5.74) is 8.05. The quantitative estimate of drug-likeness (QED) is 0.876. The third kappa shape index (κ3) is 2.39. The van der Waals surface area contributed by atoms with Gasteiger partial charge in [0.25, 0.3) is 0 Å². The first-order valence-electron chi connectivity index (χ1n) is 5.13. The second-order valence-electron chi connectivity index (χ2n) is 3.57. The molecule has 0 saturated carbocycles. The van der Waals surface area contributed by atoms with Crippen molar-refractivity contribution >= 4 is 5.88 Å². The van der Waals surface area contributed by atoms with E-state index < -0.39 is 0 Å². The number of benzene rings is 1. The Labute approximate surface area is 99.1 Å². The second kappa shape index (κ2) is 4.88. The van der Waals surface area contributed by atoms with E-state index in [1.54, 1.807) is 20.3 Å². The van der Waals surface area contributed by atoms with E-state index >= 15 is 0 Å². The SMILES string of the molecule is COCc1cc(-c2cc(N)on2)ccc1OC. The van der Waals surface area contributed by atoms with Gasteiger partial charge in [-0.2, -0.15) is 0 Å². The fourth-order valence-corrected chi connectivity index (χ4v) is 1.63. The number of ether oxygens (including phenoxy) is 2. The molecule has 0 atom stereocenters. The van der Waals surface area contributed by atoms with Crippen LogP contribution in [0.15, 0.2) is 28.8 Å². The third-order valence-electron chi connectivity index (χ3n) is 2.40. The molecule has 2 aromatic rings. The summed E-state index contributed by atoms with van der Waals surface area (Å²) in [7, 11) is 3.27. The van der Waals surface area contributed by atoms with Crippen molar-refractivity contribution in [2.45, 2.75) is 6.61 Å². The van der Waals surface area contributed by atoms with Gasteiger partial charge in [0.15, 0.2) is 0 Å². The number of methoxy groups -OCH3 is 2. The highest BCUT2D eigenvalue weighted by Crippen LogP contribution is 2.27. The Kier molecular flexibility index (Phi) is 3.30. The number of hydrogen-bond acceptors (Lipinski definition) is 5. The molecule has 0 fully saturated rings. The average Bonchev–Trinajstić information content (AvgIpc) is 2.76. The molecule has 5 heteroatoms. The van der Waals surface area contributed by atoms with E-state index in [1.807, 2.05) is 18.2 Å². The van der Waals surface area contributed by atoms with Crippen LogP contribution >= 0.6 is 0 Å². The lowest BCUT2D eigenvalue weighted by molar-refractivity contribution is 0.181. The molecule has 0 aliphatic carbocycles. The Bertz CT molecular complexity index is 508. The summed E-state index contributed by atoms with van der Waals surface area (Å²) in [5, 5.41) is 3.86. The van der Waals surface area contributed by atoms with E-state index in [9.17, 15) is 0 Å². The predicted molar refractivity (Wildman–Crippen MR) is 63.6 cm³/mol. The van der Waals surface area contributed by atoms with E-state index in [1.165, 1.54) is 0 Å². The summed E-state index contributed by atoms with van der Waals surface area (Å²) >= 11 is 0. The van der Waals surface area contributed by atoms with Crippen molar-refractivity contribution in [1.29, 1.82) is 0 Å². The van der Waals surface area contributed by atoms with Crippen LogP contribution in [0.1, 0.15) is 5.56 Å². The molecule has 0 unspecified atom stereocenters. The van der Waals surface area contributed by atoms with Gasteiger partial charge in [0.05, 0.1) is 13.7 Å². The molecule has 0 amide bonds. The van der Waals surface area contributed by atoms with Crippen molar-refractivity contribution in [3.05, 3.63) is 29.8 Å². The van der Waals surface area contributed by atoms with Gasteiger partial charge >= 0.3 is 0 Å². The van der Waals surface area contributed by atoms with E-state index in [4.69, 9.17) is 19.7 Å². The fourth-order valence-electron chi connectivity index (χ4n) is 1.63. The topological polar surface area (TPSA) is 70.5 Å². The molecular weight excluding hydrogens is 220 g/mol. The normalized spacial score (nSPS) is 10.5. The van der Waals surface area contributed by atoms with Crippen LogP contribution in [0.3, 0.4) is 0 Å². The third-order valence-corrected chi connectivity index (χ3v) is 2.40. The van der Waals surface area contributed by atoms with Crippen LogP contribution in [0.5, 0.6) is 5.75 Å². The average molecular weight is 234 g/mol. The minimum atomic E-state index is 0.295. The number of nitrogens with zero attached hydrogens (tertiary/aromatic N) is 1. The van der Waals surface area contributed by atoms with Crippen LogP contribution in [0.25, 0.3) is 11.3 Å². The van der Waals surface area contributed by atoms with Crippen LogP contribution in [0, 0.1) is 0 Å². The molecule has 0 spiro atoms. The highest BCUT2D eigenvalue weighted by atomic mass is 16.5. The number of rotatable bonds is 4. The van der Waals surface area contributed by atoms with Gasteiger partial charge < -0.3 is 19.7 Å². The van der Waals surface area contributed by atoms with E-state index in [0.717, 1.165) is 16.9 Å². The van der Waals surface area contributed by atoms with Crippen LogP contribution in [0.2, 0.25) is 0 Å². The smallest absolute Gasteiger partial charge is 0.222 e. The fraction of sp³-hybridized carbons (Fsp3) is 0.250. The highest BCUT2D eigenvalue weighted by Gasteiger charge is 2.08. The summed E-state index contributed by atoms with van der Waals surface area (Å²) in [5.74, 6) is 1.08. The lowest BCUT2D eigenvalue weighted by Gasteiger charge is -2.08. The van der Waals surface area contributed by atoms with E-state index in [-0.39, 0.29) is 0 Å². The molecular formula is C12H14N2O3. The van der Waals surface area contributed by atoms with Gasteiger partial charge in [0.1, 0.15) is 11.4 Å². The molecule has 0 bridgehead atoms. The standard InChI is InChI=1S/C12H14N2O3/c1-15-7-9-5-8(3-4-11(9)16-2)10-6-12(13)17-14-10/h3-6H,7,13H2,1-2H3. The first-order valence-corrected chi connectivity index (χ1v) is 5.13. The van der Waals surface area contributed by atoms with Crippen molar-refractivity contribution in [3.8, 4) is 17.0 Å². The van der Waals surface area contributed by atoms with E-state index in [2.05, 4.69) is 5.16 Å². The number of aromatic nitrogens is 1. The Morgan fingerprint density at radius 3 is 2.71 bits per heavy atom. The number of anilines is 1. The Hall–Kier alpha value is -2.01. The van der Waals surface area contributed by atoms with Gasteiger partial charge in [-0.05, 0) is 18.2 Å². The zero-order chi connectivity index (χ0) is 12.3. The molecule has 1 aromatic carbocycles. The van der Waals surface area contributed by atoms with Gasteiger partial charge in [-0.25, -0.2) is 0 Å². The second-order valence-corrected chi connectivity index (χ2v) is 3.57. The molecule has 0 aliphatic rings. The molecule has 2 rings (SSSR count). The molecule has 0 saturated heterocycles. The summed E-state index contributed by atoms with van der Waals surface area (Å²) in [6, 6.07) is 7.39. The van der Waals surface area contributed by atoms with Gasteiger partial charge in [-0.15, -0.1) is 0 Å². The Morgan fingerprint density at radius 1 is 1.29 bits per heavy atom. The lowest BCUT2D eigenvalue weighted by Crippen LogP contribution is -1.94. The molecule has 5 nitrogen and oxygen atoms in total. The van der Waals surface area contributed by atoms with Crippen LogP contribution < -0.4 is 10.5 Å². The first-order chi connectivity index (χ1) is 8.24. The van der Waals surface area contributed by atoms with Crippen molar-refractivity contribution in [2.24, 2.45) is 0 Å². The van der Waals surface area contributed by atoms with Gasteiger partial charge in [-0.1, -0.05) is 5.16 Å². The maximum Gasteiger partial charge on any atom is 0.222 e. The highest BCUT2D eigenvalue weighted by molar-refractivity contribution is 5.63. The molecule has 1 heterocycles. The van der Waals surface area contributed by atoms with Gasteiger partial charge in [0, 0.05) is 24.3 Å². The molecule has 90 valence electrons. The largest absolute Gasteiger partial charge is 0.496 e. The first kappa shape index (κ1) is 11.5. The Morgan fingerprint density at radius 2 is 2.12 bits per heavy atom. The molecule has 17 heavy (non-hydrogen) atoms. The number of hydrogen-bond donors (Lipinski definition) is 1. The Balaban J connectivity index is 2.39. The minimum Gasteiger partial charge on any atom is -0.496 e. The molecule has 1 aromatic heterocycles. The summed E-state index contributed by atoms with van der Waals surface area (Å²) in [6.07, 6.45) is 0. The van der Waals surface area contributed by atoms with E-state index in [0.29, 0.717) is 18.2 Å². The zero-order valence-corrected chi connectivity index (χ0v) is 9.77. The van der Waals surface area contributed by atoms with Gasteiger partial charge in [-0.3, -0.25) is 0 Å². The summed E-state index contributed by atoms with van der Waals surface area (Å²) < 4.78 is 15.2. The van der Waals surface area contributed by atoms with Crippen molar-refractivity contribution in [2.75, 3.05) is 20.0 Å². The molecule has 2 N–H and O–H groups in total. The number of nitrogen functional groups attached to an aromatic ring is 1. The van der Waals surface area contributed by atoms with Crippen LogP contribution in [-0.4, -0.2) is 19.4 Å². The van der Waals surface area contributed by atoms with Crippen molar-refractivity contribution in [1.82, 2.24) is 5.16 Å². The maximum atomic E-state index is 5.49. The summed E-state index contributed by atoms with van der Waals surface area (Å²) in [4.78, 5) is 0. The monoisotopic (exact) mass is 234 g/mol.